The van der Waals surface area contributed by atoms with Crippen molar-refractivity contribution in [3.63, 3.8) is 0 Å². The van der Waals surface area contributed by atoms with E-state index >= 15 is 0 Å². The monoisotopic (exact) mass is 527 g/mol. The van der Waals surface area contributed by atoms with Crippen LogP contribution in [0.1, 0.15) is 52.0 Å². The SMILES string of the molecule is O=C(O)c1cccc(CN2CN(c3ccccc3)C3(CCN(CCCC(=O)c4ccc(O)cc4)CC3)C2=O)c1. The summed E-state index contributed by atoms with van der Waals surface area (Å²) in [5.74, 6) is -0.696. The number of hydrogen-bond donors (Lipinski definition) is 2. The fourth-order valence-electron chi connectivity index (χ4n) is 5.75. The van der Waals surface area contributed by atoms with Gasteiger partial charge in [0.2, 0.25) is 5.91 Å². The molecule has 3 aromatic carbocycles. The van der Waals surface area contributed by atoms with Gasteiger partial charge in [-0.25, -0.2) is 4.79 Å². The number of anilines is 1. The van der Waals surface area contributed by atoms with Crippen LogP contribution in [0.4, 0.5) is 5.69 Å². The van der Waals surface area contributed by atoms with E-state index in [-0.39, 0.29) is 23.0 Å². The van der Waals surface area contributed by atoms with Crippen molar-refractivity contribution in [1.29, 1.82) is 0 Å². The number of phenolic OH excluding ortho intramolecular Hbond substituents is 1. The summed E-state index contributed by atoms with van der Waals surface area (Å²) in [5, 5.41) is 18.8. The van der Waals surface area contributed by atoms with Gasteiger partial charge < -0.3 is 24.9 Å². The van der Waals surface area contributed by atoms with Gasteiger partial charge in [0.05, 0.1) is 12.2 Å². The average molecular weight is 528 g/mol. The lowest BCUT2D eigenvalue weighted by Gasteiger charge is -2.43. The van der Waals surface area contributed by atoms with Gasteiger partial charge in [-0.05, 0) is 79.9 Å². The summed E-state index contributed by atoms with van der Waals surface area (Å²) >= 11 is 0. The first-order valence-corrected chi connectivity index (χ1v) is 13.3. The normalized spacial score (nSPS) is 17.1. The molecule has 2 N–H and O–H groups in total. The maximum atomic E-state index is 14.0. The summed E-state index contributed by atoms with van der Waals surface area (Å²) in [6.07, 6.45) is 2.52. The standard InChI is InChI=1S/C31H33N3O5/c35-27-13-11-24(12-14-27)28(36)10-5-17-32-18-15-31(16-19-32)30(39)33(22-34(31)26-8-2-1-3-9-26)21-23-6-4-7-25(20-23)29(37)38/h1-4,6-9,11-14,20,35H,5,10,15-19,21-22H2,(H,37,38). The van der Waals surface area contributed by atoms with Gasteiger partial charge in [-0.2, -0.15) is 0 Å². The van der Waals surface area contributed by atoms with Crippen LogP contribution in [0.25, 0.3) is 0 Å². The van der Waals surface area contributed by atoms with Crippen molar-refractivity contribution in [1.82, 2.24) is 9.80 Å². The number of carboxylic acid groups (broad SMARTS) is 1. The molecule has 0 saturated carbocycles. The molecule has 2 saturated heterocycles. The first kappa shape index (κ1) is 26.4. The van der Waals surface area contributed by atoms with Crippen LogP contribution in [-0.2, 0) is 11.3 Å². The van der Waals surface area contributed by atoms with Crippen molar-refractivity contribution in [3.8, 4) is 5.75 Å². The van der Waals surface area contributed by atoms with Crippen molar-refractivity contribution < 1.29 is 24.6 Å². The highest BCUT2D eigenvalue weighted by Gasteiger charge is 2.53. The molecule has 0 unspecified atom stereocenters. The molecule has 0 aliphatic carbocycles. The molecule has 1 amide bonds. The molecule has 8 nitrogen and oxygen atoms in total. The van der Waals surface area contributed by atoms with Crippen LogP contribution < -0.4 is 4.90 Å². The molecule has 39 heavy (non-hydrogen) atoms. The largest absolute Gasteiger partial charge is 0.508 e. The number of ketones is 1. The van der Waals surface area contributed by atoms with E-state index in [0.29, 0.717) is 38.0 Å². The van der Waals surface area contributed by atoms with E-state index in [1.54, 1.807) is 30.3 Å². The number of aromatic hydroxyl groups is 1. The van der Waals surface area contributed by atoms with E-state index in [2.05, 4.69) is 9.80 Å². The van der Waals surface area contributed by atoms with Crippen molar-refractivity contribution in [2.75, 3.05) is 31.2 Å². The highest BCUT2D eigenvalue weighted by Crippen LogP contribution is 2.40. The van der Waals surface area contributed by atoms with E-state index in [1.165, 1.54) is 12.1 Å². The van der Waals surface area contributed by atoms with Crippen LogP contribution >= 0.6 is 0 Å². The number of carbonyl (C=O) groups is 3. The van der Waals surface area contributed by atoms with Crippen molar-refractivity contribution >= 4 is 23.3 Å². The number of carboxylic acids is 1. The molecular weight excluding hydrogens is 494 g/mol. The van der Waals surface area contributed by atoms with Crippen molar-refractivity contribution in [2.24, 2.45) is 0 Å². The van der Waals surface area contributed by atoms with Gasteiger partial charge in [0.15, 0.2) is 5.78 Å². The first-order valence-electron chi connectivity index (χ1n) is 13.3. The number of Topliss-reactive ketones (excluding diaryl/α,β-unsaturated/α-hetero) is 1. The second-order valence-electron chi connectivity index (χ2n) is 10.4. The Balaban J connectivity index is 1.25. The lowest BCUT2D eigenvalue weighted by Crippen LogP contribution is -2.56. The number of likely N-dealkylation sites (tertiary alicyclic amines) is 1. The van der Waals surface area contributed by atoms with Crippen LogP contribution in [0, 0.1) is 0 Å². The molecule has 2 aliphatic heterocycles. The summed E-state index contributed by atoms with van der Waals surface area (Å²) in [6.45, 7) is 3.09. The molecule has 2 aliphatic rings. The average Bonchev–Trinajstić information content (AvgIpc) is 3.21. The maximum absolute atomic E-state index is 14.0. The molecule has 0 atom stereocenters. The minimum atomic E-state index is -0.982. The quantitative estimate of drug-likeness (QED) is 0.398. The topological polar surface area (TPSA) is 101 Å². The summed E-state index contributed by atoms with van der Waals surface area (Å²) in [4.78, 5) is 44.3. The molecule has 202 valence electrons. The number of piperidine rings is 1. The van der Waals surface area contributed by atoms with Crippen LogP contribution in [0.15, 0.2) is 78.9 Å². The summed E-state index contributed by atoms with van der Waals surface area (Å²) in [7, 11) is 0. The van der Waals surface area contributed by atoms with Crippen molar-refractivity contribution in [2.45, 2.75) is 37.8 Å². The Hall–Kier alpha value is -4.17. The second kappa shape index (κ2) is 11.3. The number of amides is 1. The zero-order valence-electron chi connectivity index (χ0n) is 21.8. The zero-order valence-corrected chi connectivity index (χ0v) is 21.8. The third-order valence-corrected chi connectivity index (χ3v) is 7.88. The van der Waals surface area contributed by atoms with Gasteiger partial charge in [0.25, 0.3) is 0 Å². The Bertz CT molecular complexity index is 1330. The van der Waals surface area contributed by atoms with E-state index in [4.69, 9.17) is 0 Å². The summed E-state index contributed by atoms with van der Waals surface area (Å²) in [5.41, 5.74) is 1.97. The summed E-state index contributed by atoms with van der Waals surface area (Å²) in [6, 6.07) is 23.1. The van der Waals surface area contributed by atoms with Crippen LogP contribution in [-0.4, -0.2) is 69.5 Å². The van der Waals surface area contributed by atoms with Crippen LogP contribution in [0.5, 0.6) is 5.75 Å². The number of phenols is 1. The van der Waals surface area contributed by atoms with Crippen molar-refractivity contribution in [3.05, 3.63) is 95.6 Å². The van der Waals surface area contributed by atoms with Crippen LogP contribution in [0.2, 0.25) is 0 Å². The molecule has 0 aromatic heterocycles. The molecule has 8 heteroatoms. The minimum Gasteiger partial charge on any atom is -0.508 e. The lowest BCUT2D eigenvalue weighted by molar-refractivity contribution is -0.134. The smallest absolute Gasteiger partial charge is 0.335 e. The number of benzene rings is 3. The Kier molecular flexibility index (Phi) is 7.65. The van der Waals surface area contributed by atoms with E-state index in [9.17, 15) is 24.6 Å². The van der Waals surface area contributed by atoms with Gasteiger partial charge in [0.1, 0.15) is 11.3 Å². The predicted octanol–water partition coefficient (Wildman–Crippen LogP) is 4.39. The van der Waals surface area contributed by atoms with Gasteiger partial charge in [0, 0.05) is 37.3 Å². The maximum Gasteiger partial charge on any atom is 0.335 e. The number of hydrogen-bond acceptors (Lipinski definition) is 6. The minimum absolute atomic E-state index is 0.0623. The lowest BCUT2D eigenvalue weighted by atomic mass is 9.85. The summed E-state index contributed by atoms with van der Waals surface area (Å²) < 4.78 is 0. The Morgan fingerprint density at radius 3 is 2.28 bits per heavy atom. The second-order valence-corrected chi connectivity index (χ2v) is 10.4. The molecule has 0 bridgehead atoms. The van der Waals surface area contributed by atoms with Gasteiger partial charge >= 0.3 is 5.97 Å². The van der Waals surface area contributed by atoms with Gasteiger partial charge in [-0.1, -0.05) is 30.3 Å². The third kappa shape index (κ3) is 5.66. The van der Waals surface area contributed by atoms with Gasteiger partial charge in [-0.15, -0.1) is 0 Å². The third-order valence-electron chi connectivity index (χ3n) is 7.88. The number of rotatable bonds is 9. The van der Waals surface area contributed by atoms with E-state index < -0.39 is 11.5 Å². The highest BCUT2D eigenvalue weighted by atomic mass is 16.4. The molecule has 3 aromatic rings. The fraction of sp³-hybridized carbons (Fsp3) is 0.323. The Morgan fingerprint density at radius 2 is 1.59 bits per heavy atom. The number of aromatic carboxylic acids is 1. The van der Waals surface area contributed by atoms with Gasteiger partial charge in [-0.3, -0.25) is 9.59 Å². The van der Waals surface area contributed by atoms with E-state index in [0.717, 1.165) is 37.3 Å². The number of nitrogens with zero attached hydrogens (tertiary/aromatic N) is 3. The molecule has 2 heterocycles. The molecule has 2 fully saturated rings. The Labute approximate surface area is 228 Å². The molecule has 0 radical (unpaired) electrons. The molecule has 5 rings (SSSR count). The Morgan fingerprint density at radius 1 is 0.872 bits per heavy atom. The number of para-hydroxylation sites is 1. The fourth-order valence-corrected chi connectivity index (χ4v) is 5.75. The first-order chi connectivity index (χ1) is 18.9. The molecule has 1 spiro atoms. The van der Waals surface area contributed by atoms with E-state index in [1.807, 2.05) is 41.3 Å². The number of carbonyl (C=O) groups excluding carboxylic acids is 2. The van der Waals surface area contributed by atoms with Crippen LogP contribution in [0.3, 0.4) is 0 Å². The highest BCUT2D eigenvalue weighted by molar-refractivity contribution is 5.96. The zero-order chi connectivity index (χ0) is 27.4. The predicted molar refractivity (Wildman–Crippen MR) is 148 cm³/mol. The molecular formula is C31H33N3O5.